The number of benzene rings is 1. The van der Waals surface area contributed by atoms with Crippen LogP contribution in [0.3, 0.4) is 0 Å². The molecule has 2 aromatic heterocycles. The molecule has 1 aliphatic heterocycles. The third kappa shape index (κ3) is 4.91. The molecule has 4 rings (SSSR count). The molecule has 0 unspecified atom stereocenters. The van der Waals surface area contributed by atoms with Crippen molar-refractivity contribution in [3.05, 3.63) is 58.2 Å². The van der Waals surface area contributed by atoms with Gasteiger partial charge in [-0.1, -0.05) is 0 Å². The van der Waals surface area contributed by atoms with Crippen molar-refractivity contribution in [3.63, 3.8) is 0 Å². The molecule has 9 heteroatoms. The maximum Gasteiger partial charge on any atom is 0.224 e. The van der Waals surface area contributed by atoms with E-state index in [0.717, 1.165) is 52.9 Å². The van der Waals surface area contributed by atoms with Crippen LogP contribution in [0, 0.1) is 25.2 Å². The van der Waals surface area contributed by atoms with Gasteiger partial charge in [-0.2, -0.15) is 10.2 Å². The summed E-state index contributed by atoms with van der Waals surface area (Å²) in [7, 11) is 0. The van der Waals surface area contributed by atoms with Crippen molar-refractivity contribution in [1.82, 2.24) is 19.9 Å². The van der Waals surface area contributed by atoms with Crippen LogP contribution >= 0.6 is 15.9 Å². The highest BCUT2D eigenvalue weighted by molar-refractivity contribution is 9.10. The SMILES string of the molecule is Cc1cc(C#N)cc(C)c1Nc1nc(NC2CCN(c3cncnc3)CC2)ncc1Br. The molecule has 0 bridgehead atoms. The minimum atomic E-state index is 0.299. The van der Waals surface area contributed by atoms with Crippen molar-refractivity contribution >= 4 is 39.1 Å². The van der Waals surface area contributed by atoms with Crippen molar-refractivity contribution in [2.45, 2.75) is 32.7 Å². The van der Waals surface area contributed by atoms with Crippen LogP contribution in [0.4, 0.5) is 23.1 Å². The largest absolute Gasteiger partial charge is 0.369 e. The average molecular weight is 479 g/mol. The highest BCUT2D eigenvalue weighted by atomic mass is 79.9. The monoisotopic (exact) mass is 478 g/mol. The minimum Gasteiger partial charge on any atom is -0.369 e. The summed E-state index contributed by atoms with van der Waals surface area (Å²) in [5.41, 5.74) is 4.64. The van der Waals surface area contributed by atoms with Crippen molar-refractivity contribution in [3.8, 4) is 6.07 Å². The number of piperidine rings is 1. The number of aryl methyl sites for hydroxylation is 2. The molecule has 158 valence electrons. The van der Waals surface area contributed by atoms with E-state index in [2.05, 4.69) is 57.5 Å². The molecule has 0 radical (unpaired) electrons. The molecule has 3 aromatic rings. The van der Waals surface area contributed by atoms with E-state index in [0.29, 0.717) is 23.4 Å². The Hall–Kier alpha value is -3.25. The van der Waals surface area contributed by atoms with Gasteiger partial charge in [-0.15, -0.1) is 0 Å². The number of halogens is 1. The van der Waals surface area contributed by atoms with E-state index >= 15 is 0 Å². The second-order valence-corrected chi connectivity index (χ2v) is 8.47. The van der Waals surface area contributed by atoms with Crippen LogP contribution in [-0.2, 0) is 0 Å². The second-order valence-electron chi connectivity index (χ2n) is 7.61. The molecule has 2 N–H and O–H groups in total. The summed E-state index contributed by atoms with van der Waals surface area (Å²) in [4.78, 5) is 19.6. The van der Waals surface area contributed by atoms with Crippen LogP contribution in [0.5, 0.6) is 0 Å². The summed E-state index contributed by atoms with van der Waals surface area (Å²) in [5.74, 6) is 1.28. The van der Waals surface area contributed by atoms with Gasteiger partial charge in [-0.25, -0.2) is 15.0 Å². The normalized spacial score (nSPS) is 14.2. The predicted molar refractivity (Wildman–Crippen MR) is 125 cm³/mol. The molecule has 3 heterocycles. The Kier molecular flexibility index (Phi) is 6.28. The molecule has 0 atom stereocenters. The predicted octanol–water partition coefficient (Wildman–Crippen LogP) is 4.34. The molecule has 1 fully saturated rings. The van der Waals surface area contributed by atoms with Crippen LogP contribution in [-0.4, -0.2) is 39.1 Å². The molecule has 0 saturated carbocycles. The molecule has 1 saturated heterocycles. The van der Waals surface area contributed by atoms with Gasteiger partial charge in [0, 0.05) is 31.0 Å². The number of hydrogen-bond donors (Lipinski definition) is 2. The minimum absolute atomic E-state index is 0.299. The molecule has 31 heavy (non-hydrogen) atoms. The Morgan fingerprint density at radius 1 is 1.10 bits per heavy atom. The molecule has 0 aliphatic carbocycles. The van der Waals surface area contributed by atoms with E-state index in [1.54, 1.807) is 12.5 Å². The van der Waals surface area contributed by atoms with Crippen molar-refractivity contribution in [1.29, 1.82) is 5.26 Å². The summed E-state index contributed by atoms with van der Waals surface area (Å²) in [6, 6.07) is 6.24. The van der Waals surface area contributed by atoms with E-state index in [1.165, 1.54) is 0 Å². The Morgan fingerprint density at radius 3 is 2.42 bits per heavy atom. The summed E-state index contributed by atoms with van der Waals surface area (Å²) < 4.78 is 0.778. The zero-order valence-electron chi connectivity index (χ0n) is 17.4. The lowest BCUT2D eigenvalue weighted by Crippen LogP contribution is -2.39. The number of nitrogens with one attached hydrogen (secondary N) is 2. The number of nitrogens with zero attached hydrogens (tertiary/aromatic N) is 6. The molecule has 1 aliphatic rings. The standard InChI is InChI=1S/C22H23BrN8/c1-14-7-16(9-24)8-15(2)20(14)29-21-19(23)12-27-22(30-21)28-17-3-5-31(6-4-17)18-10-25-13-26-11-18/h7-8,10-13,17H,3-6H2,1-2H3,(H2,27,28,29,30). The Bertz CT molecular complexity index is 1080. The quantitative estimate of drug-likeness (QED) is 0.557. The number of rotatable bonds is 5. The topological polar surface area (TPSA) is 103 Å². The molecule has 0 spiro atoms. The fourth-order valence-electron chi connectivity index (χ4n) is 3.79. The van der Waals surface area contributed by atoms with Gasteiger partial charge in [0.05, 0.1) is 34.2 Å². The van der Waals surface area contributed by atoms with E-state index in [9.17, 15) is 0 Å². The number of anilines is 4. The van der Waals surface area contributed by atoms with Crippen LogP contribution in [0.1, 0.15) is 29.5 Å². The third-order valence-corrected chi connectivity index (χ3v) is 5.97. The summed E-state index contributed by atoms with van der Waals surface area (Å²) in [6.45, 7) is 5.82. The fraction of sp³-hybridized carbons (Fsp3) is 0.318. The zero-order chi connectivity index (χ0) is 21.8. The Labute approximate surface area is 189 Å². The smallest absolute Gasteiger partial charge is 0.224 e. The van der Waals surface area contributed by atoms with Gasteiger partial charge in [-0.05, 0) is 65.9 Å². The molecule has 0 amide bonds. The van der Waals surface area contributed by atoms with Crippen LogP contribution in [0.2, 0.25) is 0 Å². The van der Waals surface area contributed by atoms with Gasteiger partial charge < -0.3 is 15.5 Å². The lowest BCUT2D eigenvalue weighted by Gasteiger charge is -2.33. The first-order chi connectivity index (χ1) is 15.0. The zero-order valence-corrected chi connectivity index (χ0v) is 19.0. The average Bonchev–Trinajstić information content (AvgIpc) is 2.79. The van der Waals surface area contributed by atoms with Gasteiger partial charge in [-0.3, -0.25) is 0 Å². The Morgan fingerprint density at radius 2 is 1.77 bits per heavy atom. The van der Waals surface area contributed by atoms with Gasteiger partial charge >= 0.3 is 0 Å². The molecule has 8 nitrogen and oxygen atoms in total. The number of hydrogen-bond acceptors (Lipinski definition) is 8. The van der Waals surface area contributed by atoms with Crippen molar-refractivity contribution in [2.75, 3.05) is 28.6 Å². The van der Waals surface area contributed by atoms with E-state index in [-0.39, 0.29) is 0 Å². The highest BCUT2D eigenvalue weighted by Gasteiger charge is 2.21. The van der Waals surface area contributed by atoms with E-state index in [1.807, 2.05) is 38.4 Å². The van der Waals surface area contributed by atoms with Crippen LogP contribution < -0.4 is 15.5 Å². The third-order valence-electron chi connectivity index (χ3n) is 5.39. The second kappa shape index (κ2) is 9.27. The fourth-order valence-corrected chi connectivity index (χ4v) is 4.08. The van der Waals surface area contributed by atoms with Gasteiger partial charge in [0.1, 0.15) is 12.1 Å². The first-order valence-electron chi connectivity index (χ1n) is 10.1. The summed E-state index contributed by atoms with van der Waals surface area (Å²) in [6.07, 6.45) is 8.96. The Balaban J connectivity index is 1.44. The van der Waals surface area contributed by atoms with E-state index in [4.69, 9.17) is 5.26 Å². The molecule has 1 aromatic carbocycles. The maximum absolute atomic E-state index is 9.17. The first kappa shape index (κ1) is 21.0. The van der Waals surface area contributed by atoms with Crippen molar-refractivity contribution < 1.29 is 0 Å². The first-order valence-corrected chi connectivity index (χ1v) is 10.9. The maximum atomic E-state index is 9.17. The lowest BCUT2D eigenvalue weighted by molar-refractivity contribution is 0.523. The summed E-state index contributed by atoms with van der Waals surface area (Å²) >= 11 is 3.54. The summed E-state index contributed by atoms with van der Waals surface area (Å²) in [5, 5.41) is 16.0. The number of nitriles is 1. The van der Waals surface area contributed by atoms with Gasteiger partial charge in [0.15, 0.2) is 0 Å². The lowest BCUT2D eigenvalue weighted by atomic mass is 10.0. The van der Waals surface area contributed by atoms with Crippen LogP contribution in [0.15, 0.2) is 41.5 Å². The van der Waals surface area contributed by atoms with Gasteiger partial charge in [0.25, 0.3) is 0 Å². The molecular weight excluding hydrogens is 456 g/mol. The highest BCUT2D eigenvalue weighted by Crippen LogP contribution is 2.30. The van der Waals surface area contributed by atoms with E-state index < -0.39 is 0 Å². The molecular formula is C22H23BrN8. The van der Waals surface area contributed by atoms with Crippen LogP contribution in [0.25, 0.3) is 0 Å². The van der Waals surface area contributed by atoms with Crippen molar-refractivity contribution in [2.24, 2.45) is 0 Å². The number of aromatic nitrogens is 4. The van der Waals surface area contributed by atoms with Gasteiger partial charge in [0.2, 0.25) is 5.95 Å².